The SMILES string of the molecule is CC(=O)ON=C(C)C1Cc2ccccc21. The highest BCUT2D eigenvalue weighted by atomic mass is 16.7. The Morgan fingerprint density at radius 3 is 2.80 bits per heavy atom. The van der Waals surface area contributed by atoms with E-state index in [0.717, 1.165) is 12.1 Å². The van der Waals surface area contributed by atoms with Gasteiger partial charge in [0.1, 0.15) is 0 Å². The van der Waals surface area contributed by atoms with Gasteiger partial charge in [-0.05, 0) is 24.5 Å². The van der Waals surface area contributed by atoms with Gasteiger partial charge in [0, 0.05) is 12.8 Å². The van der Waals surface area contributed by atoms with Crippen LogP contribution in [-0.2, 0) is 16.1 Å². The maximum absolute atomic E-state index is 10.6. The van der Waals surface area contributed by atoms with Gasteiger partial charge in [-0.1, -0.05) is 29.4 Å². The van der Waals surface area contributed by atoms with E-state index in [1.165, 1.54) is 18.1 Å². The number of hydrogen-bond donors (Lipinski definition) is 0. The topological polar surface area (TPSA) is 38.7 Å². The lowest BCUT2D eigenvalue weighted by molar-refractivity contribution is -0.140. The van der Waals surface area contributed by atoms with E-state index in [2.05, 4.69) is 22.1 Å². The molecule has 1 aromatic rings. The van der Waals surface area contributed by atoms with Gasteiger partial charge in [0.15, 0.2) is 0 Å². The van der Waals surface area contributed by atoms with Crippen LogP contribution in [0.4, 0.5) is 0 Å². The first-order chi connectivity index (χ1) is 7.18. The lowest BCUT2D eigenvalue weighted by Gasteiger charge is -2.29. The minimum atomic E-state index is -0.373. The predicted molar refractivity (Wildman–Crippen MR) is 57.8 cm³/mol. The van der Waals surface area contributed by atoms with Crippen molar-refractivity contribution in [1.82, 2.24) is 0 Å². The average molecular weight is 203 g/mol. The van der Waals surface area contributed by atoms with Crippen LogP contribution >= 0.6 is 0 Å². The minimum Gasteiger partial charge on any atom is -0.319 e. The second-order valence-corrected chi connectivity index (χ2v) is 3.77. The summed E-state index contributed by atoms with van der Waals surface area (Å²) in [5.74, 6) is -0.0532. The zero-order valence-electron chi connectivity index (χ0n) is 8.86. The maximum Gasteiger partial charge on any atom is 0.331 e. The fourth-order valence-electron chi connectivity index (χ4n) is 1.83. The molecule has 0 saturated heterocycles. The quantitative estimate of drug-likeness (QED) is 0.420. The van der Waals surface area contributed by atoms with Crippen molar-refractivity contribution in [1.29, 1.82) is 0 Å². The van der Waals surface area contributed by atoms with Gasteiger partial charge < -0.3 is 4.84 Å². The lowest BCUT2D eigenvalue weighted by Crippen LogP contribution is -2.23. The molecule has 3 heteroatoms. The molecule has 0 spiro atoms. The van der Waals surface area contributed by atoms with Gasteiger partial charge >= 0.3 is 5.97 Å². The van der Waals surface area contributed by atoms with Crippen molar-refractivity contribution in [3.8, 4) is 0 Å². The van der Waals surface area contributed by atoms with E-state index >= 15 is 0 Å². The first-order valence-electron chi connectivity index (χ1n) is 4.98. The van der Waals surface area contributed by atoms with Gasteiger partial charge in [0.2, 0.25) is 0 Å². The van der Waals surface area contributed by atoms with E-state index in [4.69, 9.17) is 0 Å². The highest BCUT2D eigenvalue weighted by Crippen LogP contribution is 2.35. The summed E-state index contributed by atoms with van der Waals surface area (Å²) in [5, 5.41) is 3.81. The normalized spacial score (nSPS) is 19.1. The van der Waals surface area contributed by atoms with Crippen LogP contribution in [0.15, 0.2) is 29.4 Å². The Morgan fingerprint density at radius 2 is 2.13 bits per heavy atom. The Labute approximate surface area is 88.7 Å². The van der Waals surface area contributed by atoms with E-state index in [9.17, 15) is 4.79 Å². The van der Waals surface area contributed by atoms with Crippen molar-refractivity contribution in [3.63, 3.8) is 0 Å². The van der Waals surface area contributed by atoms with Crippen LogP contribution in [0.2, 0.25) is 0 Å². The van der Waals surface area contributed by atoms with Gasteiger partial charge in [0.05, 0.1) is 5.71 Å². The monoisotopic (exact) mass is 203 g/mol. The number of oxime groups is 1. The van der Waals surface area contributed by atoms with Crippen LogP contribution in [-0.4, -0.2) is 11.7 Å². The van der Waals surface area contributed by atoms with E-state index in [1.807, 2.05) is 19.1 Å². The molecule has 1 atom stereocenters. The third kappa shape index (κ3) is 1.91. The van der Waals surface area contributed by atoms with Crippen molar-refractivity contribution < 1.29 is 9.63 Å². The summed E-state index contributed by atoms with van der Waals surface area (Å²) >= 11 is 0. The Bertz CT molecular complexity index is 423. The summed E-state index contributed by atoms with van der Waals surface area (Å²) in [7, 11) is 0. The van der Waals surface area contributed by atoms with Crippen LogP contribution in [0, 0.1) is 0 Å². The van der Waals surface area contributed by atoms with Crippen LogP contribution in [0.5, 0.6) is 0 Å². The van der Waals surface area contributed by atoms with Crippen LogP contribution in [0.25, 0.3) is 0 Å². The van der Waals surface area contributed by atoms with Crippen molar-refractivity contribution in [2.75, 3.05) is 0 Å². The molecule has 0 fully saturated rings. The number of benzene rings is 1. The zero-order chi connectivity index (χ0) is 10.8. The molecular weight excluding hydrogens is 190 g/mol. The van der Waals surface area contributed by atoms with Crippen LogP contribution in [0.3, 0.4) is 0 Å². The van der Waals surface area contributed by atoms with Crippen molar-refractivity contribution in [2.45, 2.75) is 26.2 Å². The molecule has 1 unspecified atom stereocenters. The second kappa shape index (κ2) is 3.85. The highest BCUT2D eigenvalue weighted by molar-refractivity contribution is 5.91. The molecule has 1 aliphatic rings. The van der Waals surface area contributed by atoms with Crippen molar-refractivity contribution in [2.24, 2.45) is 5.16 Å². The van der Waals surface area contributed by atoms with Crippen LogP contribution < -0.4 is 0 Å². The van der Waals surface area contributed by atoms with Gasteiger partial charge in [-0.25, -0.2) is 4.79 Å². The molecule has 0 radical (unpaired) electrons. The molecule has 0 amide bonds. The number of fused-ring (bicyclic) bond motifs is 1. The smallest absolute Gasteiger partial charge is 0.319 e. The van der Waals surface area contributed by atoms with Gasteiger partial charge in [-0.2, -0.15) is 0 Å². The van der Waals surface area contributed by atoms with E-state index < -0.39 is 0 Å². The average Bonchev–Trinajstić information content (AvgIpc) is 2.17. The summed E-state index contributed by atoms with van der Waals surface area (Å²) < 4.78 is 0. The van der Waals surface area contributed by atoms with Crippen molar-refractivity contribution in [3.05, 3.63) is 35.4 Å². The zero-order valence-corrected chi connectivity index (χ0v) is 8.86. The molecule has 1 aromatic carbocycles. The Kier molecular flexibility index (Phi) is 2.54. The summed E-state index contributed by atoms with van der Waals surface area (Å²) in [5.41, 5.74) is 3.52. The first-order valence-corrected chi connectivity index (χ1v) is 4.98. The Balaban J connectivity index is 2.10. The largest absolute Gasteiger partial charge is 0.331 e. The number of carbonyl (C=O) groups excluding carboxylic acids is 1. The molecule has 0 aromatic heterocycles. The standard InChI is InChI=1S/C12H13NO2/c1-8(13-15-9(2)14)12-7-10-5-3-4-6-11(10)12/h3-6,12H,7H2,1-2H3. The molecule has 2 rings (SSSR count). The number of rotatable bonds is 2. The molecular formula is C12H13NO2. The van der Waals surface area contributed by atoms with E-state index in [-0.39, 0.29) is 5.97 Å². The summed E-state index contributed by atoms with van der Waals surface area (Å²) in [6, 6.07) is 8.26. The molecule has 15 heavy (non-hydrogen) atoms. The predicted octanol–water partition coefficient (Wildman–Crippen LogP) is 2.27. The molecule has 0 N–H and O–H groups in total. The third-order valence-electron chi connectivity index (χ3n) is 2.68. The molecule has 3 nitrogen and oxygen atoms in total. The fraction of sp³-hybridized carbons (Fsp3) is 0.333. The van der Waals surface area contributed by atoms with E-state index in [1.54, 1.807) is 0 Å². The van der Waals surface area contributed by atoms with Gasteiger partial charge in [-0.3, -0.25) is 0 Å². The van der Waals surface area contributed by atoms with E-state index in [0.29, 0.717) is 5.92 Å². The highest BCUT2D eigenvalue weighted by Gasteiger charge is 2.28. The van der Waals surface area contributed by atoms with Crippen molar-refractivity contribution >= 4 is 11.7 Å². The summed E-state index contributed by atoms with van der Waals surface area (Å²) in [4.78, 5) is 15.2. The number of hydrogen-bond acceptors (Lipinski definition) is 3. The first kappa shape index (κ1) is 9.90. The molecule has 0 saturated carbocycles. The molecule has 0 aliphatic heterocycles. The summed E-state index contributed by atoms with van der Waals surface area (Å²) in [6.07, 6.45) is 0.993. The molecule has 0 bridgehead atoms. The second-order valence-electron chi connectivity index (χ2n) is 3.77. The fourth-order valence-corrected chi connectivity index (χ4v) is 1.83. The lowest BCUT2D eigenvalue weighted by atomic mass is 9.75. The number of carbonyl (C=O) groups is 1. The molecule has 1 aliphatic carbocycles. The third-order valence-corrected chi connectivity index (χ3v) is 2.68. The van der Waals surface area contributed by atoms with Gasteiger partial charge in [0.25, 0.3) is 0 Å². The summed E-state index contributed by atoms with van der Waals surface area (Å²) in [6.45, 7) is 3.25. The number of nitrogens with zero attached hydrogens (tertiary/aromatic N) is 1. The van der Waals surface area contributed by atoms with Gasteiger partial charge in [-0.15, -0.1) is 0 Å². The minimum absolute atomic E-state index is 0.320. The Morgan fingerprint density at radius 1 is 1.40 bits per heavy atom. The maximum atomic E-state index is 10.6. The van der Waals surface area contributed by atoms with Crippen LogP contribution in [0.1, 0.15) is 30.9 Å². The molecule has 78 valence electrons. The Hall–Kier alpha value is -1.64. The molecule has 0 heterocycles.